The number of halogens is 7. The van der Waals surface area contributed by atoms with E-state index in [9.17, 15) is 40.3 Å². The zero-order valence-electron chi connectivity index (χ0n) is 16.5. The molecule has 2 aliphatic heterocycles. The number of nitrogens with one attached hydrogen (secondary N) is 1. The van der Waals surface area contributed by atoms with Crippen LogP contribution in [0.25, 0.3) is 0 Å². The SMILES string of the molecule is O=C(C[C@H]1SC(N2CCOCC2)=NC1=O)Nc1ccccc1SC(F)(F)C(F)(F)C(F)(F)F. The van der Waals surface area contributed by atoms with E-state index >= 15 is 0 Å². The van der Waals surface area contributed by atoms with Crippen molar-refractivity contribution in [2.75, 3.05) is 31.6 Å². The molecule has 0 radical (unpaired) electrons. The molecular weight excluding hydrogens is 503 g/mol. The molecule has 0 spiro atoms. The lowest BCUT2D eigenvalue weighted by Gasteiger charge is -2.28. The van der Waals surface area contributed by atoms with Crippen LogP contribution in [0.2, 0.25) is 0 Å². The molecule has 6 nitrogen and oxygen atoms in total. The fraction of sp³-hybridized carbons (Fsp3) is 0.500. The summed E-state index contributed by atoms with van der Waals surface area (Å²) < 4.78 is 96.5. The van der Waals surface area contributed by atoms with E-state index < -0.39 is 63.2 Å². The molecule has 1 saturated heterocycles. The third kappa shape index (κ3) is 5.74. The summed E-state index contributed by atoms with van der Waals surface area (Å²) >= 11 is 0.0245. The van der Waals surface area contributed by atoms with Gasteiger partial charge in [0, 0.05) is 24.4 Å². The maximum absolute atomic E-state index is 13.8. The first-order valence-corrected chi connectivity index (χ1v) is 11.0. The molecule has 1 atom stereocenters. The Morgan fingerprint density at radius 2 is 1.79 bits per heavy atom. The summed E-state index contributed by atoms with van der Waals surface area (Å²) in [7, 11) is 0. The number of carbonyl (C=O) groups excluding carboxylic acids is 2. The van der Waals surface area contributed by atoms with Crippen molar-refractivity contribution in [1.29, 1.82) is 0 Å². The number of morpholine rings is 1. The van der Waals surface area contributed by atoms with Crippen molar-refractivity contribution in [3.8, 4) is 0 Å². The third-order valence-corrected chi connectivity index (χ3v) is 6.80. The first-order valence-electron chi connectivity index (χ1n) is 9.34. The first kappa shape index (κ1) is 25.6. The minimum Gasteiger partial charge on any atom is -0.378 e. The third-order valence-electron chi connectivity index (χ3n) is 4.50. The van der Waals surface area contributed by atoms with Crippen LogP contribution in [0.5, 0.6) is 0 Å². The second-order valence-corrected chi connectivity index (χ2v) is 9.20. The molecular formula is C18H16F7N3O3S2. The van der Waals surface area contributed by atoms with Gasteiger partial charge in [-0.05, 0) is 23.9 Å². The molecule has 0 aliphatic carbocycles. The van der Waals surface area contributed by atoms with Gasteiger partial charge in [-0.1, -0.05) is 23.9 Å². The quantitative estimate of drug-likeness (QED) is 0.448. The Hall–Kier alpha value is -2.00. The summed E-state index contributed by atoms with van der Waals surface area (Å²) in [6, 6.07) is 4.35. The van der Waals surface area contributed by atoms with E-state index in [0.717, 1.165) is 30.0 Å². The monoisotopic (exact) mass is 519 g/mol. The lowest BCUT2D eigenvalue weighted by Crippen LogP contribution is -2.49. The van der Waals surface area contributed by atoms with E-state index in [2.05, 4.69) is 10.3 Å². The van der Waals surface area contributed by atoms with Crippen molar-refractivity contribution in [3.63, 3.8) is 0 Å². The van der Waals surface area contributed by atoms with Gasteiger partial charge in [0.15, 0.2) is 5.17 Å². The Morgan fingerprint density at radius 1 is 1.15 bits per heavy atom. The van der Waals surface area contributed by atoms with E-state index in [1.807, 2.05) is 4.90 Å². The standard InChI is InChI=1S/C18H16F7N3O3S2/c19-16(20,17(21,22)23)18(24,25)33-11-4-2-1-3-10(11)26-13(29)9-12-14(30)27-15(32-12)28-5-7-31-8-6-28/h1-4,12H,5-9H2,(H,26,29)/t12-/m1/s1. The smallest absolute Gasteiger partial charge is 0.378 e. The number of hydrogen-bond acceptors (Lipinski definition) is 6. The van der Waals surface area contributed by atoms with Gasteiger partial charge in [0.05, 0.1) is 18.9 Å². The fourth-order valence-corrected chi connectivity index (χ4v) is 4.81. The Kier molecular flexibility index (Phi) is 7.53. The number of thioether (sulfide) groups is 2. The van der Waals surface area contributed by atoms with Gasteiger partial charge in [-0.15, -0.1) is 0 Å². The van der Waals surface area contributed by atoms with Crippen LogP contribution >= 0.6 is 23.5 Å². The van der Waals surface area contributed by atoms with Crippen molar-refractivity contribution < 1.29 is 45.1 Å². The summed E-state index contributed by atoms with van der Waals surface area (Å²) in [6.45, 7) is 1.93. The number of ether oxygens (including phenoxy) is 1. The molecule has 1 aromatic carbocycles. The van der Waals surface area contributed by atoms with Gasteiger partial charge in [0.25, 0.3) is 5.91 Å². The van der Waals surface area contributed by atoms with Gasteiger partial charge in [-0.3, -0.25) is 9.59 Å². The number of carbonyl (C=O) groups is 2. The molecule has 1 fully saturated rings. The van der Waals surface area contributed by atoms with Gasteiger partial charge < -0.3 is 15.0 Å². The largest absolute Gasteiger partial charge is 0.460 e. The minimum atomic E-state index is -6.47. The van der Waals surface area contributed by atoms with Crippen molar-refractivity contribution in [3.05, 3.63) is 24.3 Å². The fourth-order valence-electron chi connectivity index (χ4n) is 2.79. The molecule has 2 amide bonds. The number of amidine groups is 1. The molecule has 0 aromatic heterocycles. The number of amides is 2. The molecule has 3 rings (SSSR count). The summed E-state index contributed by atoms with van der Waals surface area (Å²) in [6.07, 6.45) is -6.88. The van der Waals surface area contributed by atoms with Crippen LogP contribution in [0.1, 0.15) is 6.42 Å². The van der Waals surface area contributed by atoms with Gasteiger partial charge >= 0.3 is 17.4 Å². The van der Waals surface area contributed by atoms with Gasteiger partial charge in [0.1, 0.15) is 5.25 Å². The maximum atomic E-state index is 13.8. The maximum Gasteiger partial charge on any atom is 0.460 e. The van der Waals surface area contributed by atoms with E-state index in [-0.39, 0.29) is 0 Å². The van der Waals surface area contributed by atoms with Crippen LogP contribution in [0, 0.1) is 0 Å². The number of hydrogen-bond donors (Lipinski definition) is 1. The zero-order valence-corrected chi connectivity index (χ0v) is 18.1. The van der Waals surface area contributed by atoms with Crippen LogP contribution in [0.3, 0.4) is 0 Å². The van der Waals surface area contributed by atoms with Gasteiger partial charge in [-0.25, -0.2) is 0 Å². The number of rotatable bonds is 6. The Morgan fingerprint density at radius 3 is 2.42 bits per heavy atom. The molecule has 0 saturated carbocycles. The Bertz CT molecular complexity index is 937. The number of anilines is 1. The number of aliphatic imine (C=N–C) groups is 1. The predicted molar refractivity (Wildman–Crippen MR) is 108 cm³/mol. The average molecular weight is 519 g/mol. The van der Waals surface area contributed by atoms with Gasteiger partial charge in [-0.2, -0.15) is 35.7 Å². The normalized spacial score (nSPS) is 20.1. The summed E-state index contributed by atoms with van der Waals surface area (Å²) in [5.74, 6) is -7.70. The first-order chi connectivity index (χ1) is 15.3. The molecule has 2 aliphatic rings. The van der Waals surface area contributed by atoms with E-state index in [4.69, 9.17) is 4.74 Å². The predicted octanol–water partition coefficient (Wildman–Crippen LogP) is 4.23. The highest BCUT2D eigenvalue weighted by Crippen LogP contribution is 2.54. The molecule has 2 heterocycles. The zero-order chi connectivity index (χ0) is 24.4. The van der Waals surface area contributed by atoms with Crippen LogP contribution in [0.4, 0.5) is 36.4 Å². The molecule has 0 unspecified atom stereocenters. The second kappa shape index (κ2) is 9.70. The highest BCUT2D eigenvalue weighted by Gasteiger charge is 2.73. The van der Waals surface area contributed by atoms with Crippen molar-refractivity contribution in [2.24, 2.45) is 4.99 Å². The van der Waals surface area contributed by atoms with Crippen LogP contribution < -0.4 is 5.32 Å². The van der Waals surface area contributed by atoms with Crippen LogP contribution in [-0.2, 0) is 14.3 Å². The van der Waals surface area contributed by atoms with Gasteiger partial charge in [0.2, 0.25) is 5.91 Å². The lowest BCUT2D eigenvalue weighted by molar-refractivity contribution is -0.330. The average Bonchev–Trinajstić information content (AvgIpc) is 3.09. The summed E-state index contributed by atoms with van der Waals surface area (Å²) in [5.41, 5.74) is -0.394. The molecule has 15 heteroatoms. The Labute approximate surface area is 191 Å². The second-order valence-electron chi connectivity index (χ2n) is 6.88. The number of alkyl halides is 7. The number of benzene rings is 1. The molecule has 1 aromatic rings. The number of para-hydroxylation sites is 1. The van der Waals surface area contributed by atoms with E-state index in [0.29, 0.717) is 31.5 Å². The number of nitrogens with zero attached hydrogens (tertiary/aromatic N) is 2. The molecule has 0 bridgehead atoms. The summed E-state index contributed by atoms with van der Waals surface area (Å²) in [4.78, 5) is 29.5. The van der Waals surface area contributed by atoms with Crippen molar-refractivity contribution >= 4 is 46.2 Å². The van der Waals surface area contributed by atoms with E-state index in [1.54, 1.807) is 0 Å². The highest BCUT2D eigenvalue weighted by atomic mass is 32.2. The summed E-state index contributed by atoms with van der Waals surface area (Å²) in [5, 5.41) is -3.81. The lowest BCUT2D eigenvalue weighted by atomic mass is 10.2. The van der Waals surface area contributed by atoms with E-state index in [1.165, 1.54) is 6.07 Å². The Balaban J connectivity index is 1.65. The minimum absolute atomic E-state index is 0.394. The highest BCUT2D eigenvalue weighted by molar-refractivity contribution is 8.15. The molecule has 1 N–H and O–H groups in total. The topological polar surface area (TPSA) is 71.0 Å². The van der Waals surface area contributed by atoms with Crippen LogP contribution in [0.15, 0.2) is 34.2 Å². The van der Waals surface area contributed by atoms with Crippen LogP contribution in [-0.4, -0.2) is 70.8 Å². The van der Waals surface area contributed by atoms with Crippen molar-refractivity contribution in [2.45, 2.75) is 33.9 Å². The molecule has 33 heavy (non-hydrogen) atoms. The molecule has 182 valence electrons. The van der Waals surface area contributed by atoms with Crippen molar-refractivity contribution in [1.82, 2.24) is 4.90 Å².